The number of benzene rings is 1. The van der Waals surface area contributed by atoms with Crippen molar-refractivity contribution in [1.29, 1.82) is 0 Å². The number of Topliss-reactive ketones (excluding diaryl/α,β-unsaturated/α-hetero) is 5. The summed E-state index contributed by atoms with van der Waals surface area (Å²) in [5.74, 6) is -2.97. The number of ketones is 5. The van der Waals surface area contributed by atoms with Crippen molar-refractivity contribution in [2.75, 3.05) is 0 Å². The first-order valence-electron chi connectivity index (χ1n) is 14.7. The number of carbonyl (C=O) groups excluding carboxylic acids is 5. The Morgan fingerprint density at radius 2 is 1.55 bits per heavy atom. The number of hydrogen-bond donors (Lipinski definition) is 0. The Morgan fingerprint density at radius 1 is 0.900 bits per heavy atom. The van der Waals surface area contributed by atoms with Gasteiger partial charge in [0.25, 0.3) is 0 Å². The Morgan fingerprint density at radius 3 is 2.17 bits per heavy atom. The highest BCUT2D eigenvalue weighted by Gasteiger charge is 2.86. The van der Waals surface area contributed by atoms with Gasteiger partial charge >= 0.3 is 0 Å². The Labute approximate surface area is 237 Å². The average molecular weight is 543 g/mol. The van der Waals surface area contributed by atoms with Crippen molar-refractivity contribution in [3.63, 3.8) is 0 Å². The molecule has 0 unspecified atom stereocenters. The zero-order valence-electron chi connectivity index (χ0n) is 25.0. The van der Waals surface area contributed by atoms with Crippen molar-refractivity contribution in [1.82, 2.24) is 0 Å². The van der Waals surface area contributed by atoms with Crippen LogP contribution in [-0.4, -0.2) is 28.9 Å². The van der Waals surface area contributed by atoms with Crippen LogP contribution in [0.1, 0.15) is 97.3 Å². The highest BCUT2D eigenvalue weighted by Crippen LogP contribution is 2.75. The smallest absolute Gasteiger partial charge is 0.184 e. The lowest BCUT2D eigenvalue weighted by atomic mass is 9.37. The van der Waals surface area contributed by atoms with Gasteiger partial charge in [0.2, 0.25) is 0 Å². The molecule has 6 rings (SSSR count). The fraction of sp³-hybridized carbons (Fsp3) is 0.571. The molecule has 5 atom stereocenters. The monoisotopic (exact) mass is 542 g/mol. The van der Waals surface area contributed by atoms with Gasteiger partial charge < -0.3 is 0 Å². The largest absolute Gasteiger partial charge is 0.299 e. The van der Waals surface area contributed by atoms with Crippen LogP contribution in [0, 0.1) is 38.9 Å². The predicted molar refractivity (Wildman–Crippen MR) is 154 cm³/mol. The molecule has 1 spiro atoms. The summed E-state index contributed by atoms with van der Waals surface area (Å²) in [6.45, 7) is 13.5. The molecule has 1 aromatic rings. The summed E-state index contributed by atoms with van der Waals surface area (Å²) in [5.41, 5.74) is -4.45. The molecule has 4 bridgehead atoms. The van der Waals surface area contributed by atoms with E-state index >= 15 is 4.79 Å². The molecule has 0 aromatic heterocycles. The minimum atomic E-state index is -2.01. The molecule has 5 nitrogen and oxygen atoms in total. The van der Waals surface area contributed by atoms with Crippen LogP contribution < -0.4 is 0 Å². The third kappa shape index (κ3) is 3.36. The second kappa shape index (κ2) is 9.03. The van der Waals surface area contributed by atoms with Crippen LogP contribution in [0.5, 0.6) is 0 Å². The maximum atomic E-state index is 15.1. The van der Waals surface area contributed by atoms with Crippen LogP contribution in [0.3, 0.4) is 0 Å². The van der Waals surface area contributed by atoms with E-state index in [1.165, 1.54) is 5.57 Å². The zero-order valence-corrected chi connectivity index (χ0v) is 25.0. The van der Waals surface area contributed by atoms with Gasteiger partial charge in [0.1, 0.15) is 11.2 Å². The summed E-state index contributed by atoms with van der Waals surface area (Å²) >= 11 is 0. The molecule has 0 saturated heterocycles. The Balaban J connectivity index is 1.75. The molecule has 40 heavy (non-hydrogen) atoms. The van der Waals surface area contributed by atoms with Crippen molar-refractivity contribution in [3.8, 4) is 0 Å². The van der Waals surface area contributed by atoms with Crippen LogP contribution in [0.2, 0.25) is 0 Å². The molecule has 0 amide bonds. The minimum absolute atomic E-state index is 0.127. The molecule has 0 radical (unpaired) electrons. The summed E-state index contributed by atoms with van der Waals surface area (Å²) in [6, 6.07) is 8.54. The van der Waals surface area contributed by atoms with E-state index in [0.717, 1.165) is 18.4 Å². The normalized spacial score (nSPS) is 35.5. The van der Waals surface area contributed by atoms with Crippen molar-refractivity contribution in [2.45, 2.75) is 87.0 Å². The molecular weight excluding hydrogens is 500 g/mol. The summed E-state index contributed by atoms with van der Waals surface area (Å²) in [7, 11) is 0. The van der Waals surface area contributed by atoms with Gasteiger partial charge in [0, 0.05) is 17.4 Å². The lowest BCUT2D eigenvalue weighted by Crippen LogP contribution is -2.75. The molecule has 1 aromatic carbocycles. The predicted octanol–water partition coefficient (Wildman–Crippen LogP) is 6.70. The highest BCUT2D eigenvalue weighted by molar-refractivity contribution is 6.43. The Bertz CT molecular complexity index is 1390. The summed E-state index contributed by atoms with van der Waals surface area (Å²) in [5, 5.41) is 0. The lowest BCUT2D eigenvalue weighted by molar-refractivity contribution is -0.181. The van der Waals surface area contributed by atoms with Gasteiger partial charge in [-0.25, -0.2) is 0 Å². The van der Waals surface area contributed by atoms with E-state index in [2.05, 4.69) is 19.9 Å². The fourth-order valence-corrected chi connectivity index (χ4v) is 8.84. The number of rotatable bonds is 7. The Kier molecular flexibility index (Phi) is 6.45. The van der Waals surface area contributed by atoms with E-state index in [1.807, 2.05) is 40.7 Å². The minimum Gasteiger partial charge on any atom is -0.299 e. The molecule has 5 aliphatic carbocycles. The van der Waals surface area contributed by atoms with E-state index in [0.29, 0.717) is 18.4 Å². The third-order valence-electron chi connectivity index (χ3n) is 11.4. The van der Waals surface area contributed by atoms with Crippen molar-refractivity contribution in [2.24, 2.45) is 38.9 Å². The molecule has 5 saturated carbocycles. The van der Waals surface area contributed by atoms with Gasteiger partial charge in [-0.05, 0) is 70.1 Å². The quantitative estimate of drug-likeness (QED) is 0.217. The zero-order chi connectivity index (χ0) is 29.5. The van der Waals surface area contributed by atoms with Gasteiger partial charge in [0.05, 0.1) is 5.41 Å². The number of allylic oxidation sites excluding steroid dienone is 4. The first-order chi connectivity index (χ1) is 18.6. The van der Waals surface area contributed by atoms with E-state index in [4.69, 9.17) is 0 Å². The first-order valence-corrected chi connectivity index (χ1v) is 14.7. The van der Waals surface area contributed by atoms with Crippen LogP contribution >= 0.6 is 0 Å². The maximum absolute atomic E-state index is 15.1. The second-order valence-electron chi connectivity index (χ2n) is 14.3. The van der Waals surface area contributed by atoms with Gasteiger partial charge in [0.15, 0.2) is 28.5 Å². The summed E-state index contributed by atoms with van der Waals surface area (Å²) in [6.07, 6.45) is 6.54. The number of carbonyl (C=O) groups is 5. The van der Waals surface area contributed by atoms with Crippen molar-refractivity contribution in [3.05, 3.63) is 59.2 Å². The molecule has 0 N–H and O–H groups in total. The van der Waals surface area contributed by atoms with E-state index in [9.17, 15) is 19.2 Å². The second-order valence-corrected chi connectivity index (χ2v) is 14.3. The molecule has 5 aliphatic rings. The SMILES string of the molecule is CC(C)=CCC/C(C)=C/C[C@@]12C[C@H]3C[C@H]4C(C)(C)C(=O)C[C@]4(C1=O)C(=O)[C@@](C(=O)c1ccccc1)(C2=O)C3(C)C. The molecule has 212 valence electrons. The third-order valence-corrected chi connectivity index (χ3v) is 11.4. The average Bonchev–Trinajstić information content (AvgIpc) is 3.00. The molecule has 5 fully saturated rings. The summed E-state index contributed by atoms with van der Waals surface area (Å²) < 4.78 is 0. The van der Waals surface area contributed by atoms with E-state index in [1.54, 1.807) is 30.3 Å². The molecular formula is C35H42O5. The van der Waals surface area contributed by atoms with E-state index in [-0.39, 0.29) is 24.5 Å². The van der Waals surface area contributed by atoms with Crippen LogP contribution in [0.25, 0.3) is 0 Å². The van der Waals surface area contributed by atoms with Gasteiger partial charge in [-0.15, -0.1) is 0 Å². The van der Waals surface area contributed by atoms with Gasteiger partial charge in [-0.3, -0.25) is 24.0 Å². The fourth-order valence-electron chi connectivity index (χ4n) is 8.84. The van der Waals surface area contributed by atoms with Crippen LogP contribution in [-0.2, 0) is 19.2 Å². The van der Waals surface area contributed by atoms with Crippen LogP contribution in [0.15, 0.2) is 53.6 Å². The molecule has 5 heteroatoms. The topological polar surface area (TPSA) is 85.3 Å². The van der Waals surface area contributed by atoms with E-state index < -0.39 is 56.1 Å². The van der Waals surface area contributed by atoms with Crippen molar-refractivity contribution < 1.29 is 24.0 Å². The highest BCUT2D eigenvalue weighted by atomic mass is 16.2. The standard InChI is InChI=1S/C35H42O5/c1-21(2)12-11-13-22(3)16-17-33-19-24-18-25-31(4,5)26(36)20-34(25,28(33)38)30(40)35(29(33)39,32(24,6)7)27(37)23-14-9-8-10-15-23/h8-10,12,14-16,24-25H,11,13,17-20H2,1-7H3/b22-16+/t24-,25+,33-,34+,35-/m1/s1. The van der Waals surface area contributed by atoms with Gasteiger partial charge in [-0.2, -0.15) is 0 Å². The van der Waals surface area contributed by atoms with Gasteiger partial charge in [-0.1, -0.05) is 81.3 Å². The molecule has 0 aliphatic heterocycles. The Hall–Kier alpha value is -2.95. The lowest BCUT2D eigenvalue weighted by Gasteiger charge is -2.60. The van der Waals surface area contributed by atoms with Crippen molar-refractivity contribution >= 4 is 28.9 Å². The number of hydrogen-bond acceptors (Lipinski definition) is 5. The molecule has 0 heterocycles. The first kappa shape index (κ1) is 28.6. The summed E-state index contributed by atoms with van der Waals surface area (Å²) in [4.78, 5) is 73.1. The van der Waals surface area contributed by atoms with Crippen LogP contribution in [0.4, 0.5) is 0 Å². The maximum Gasteiger partial charge on any atom is 0.184 e.